The van der Waals surface area contributed by atoms with E-state index in [1.165, 1.54) is 6.26 Å². The number of nitrogen functional groups attached to an aromatic ring is 1. The molecular weight excluding hydrogens is 226 g/mol. The van der Waals surface area contributed by atoms with Gasteiger partial charge in [0.1, 0.15) is 0 Å². The monoisotopic (exact) mass is 237 g/mol. The Morgan fingerprint density at radius 1 is 1.00 bits per heavy atom. The van der Waals surface area contributed by atoms with E-state index in [1.54, 1.807) is 18.2 Å². The third-order valence-corrected chi connectivity index (χ3v) is 2.91. The summed E-state index contributed by atoms with van der Waals surface area (Å²) in [5.74, 6) is 0.111. The van der Waals surface area contributed by atoms with E-state index in [4.69, 9.17) is 10.2 Å². The van der Waals surface area contributed by atoms with Gasteiger partial charge in [-0.2, -0.15) is 0 Å². The van der Waals surface area contributed by atoms with Crippen LogP contribution in [-0.4, -0.2) is 5.78 Å². The number of nitrogens with two attached hydrogens (primary N) is 1. The average molecular weight is 237 g/mol. The Labute approximate surface area is 104 Å². The van der Waals surface area contributed by atoms with Crippen molar-refractivity contribution in [2.45, 2.75) is 0 Å². The number of benzene rings is 2. The van der Waals surface area contributed by atoms with Crippen LogP contribution in [0.2, 0.25) is 0 Å². The number of ketones is 1. The fraction of sp³-hybridized carbons (Fsp3) is 0. The van der Waals surface area contributed by atoms with E-state index >= 15 is 0 Å². The van der Waals surface area contributed by atoms with E-state index in [2.05, 4.69) is 0 Å². The van der Waals surface area contributed by atoms with Crippen molar-refractivity contribution in [3.63, 3.8) is 0 Å². The molecule has 0 saturated carbocycles. The molecule has 0 radical (unpaired) electrons. The molecule has 2 N–H and O–H groups in total. The lowest BCUT2D eigenvalue weighted by molar-refractivity contribution is 0.101. The molecular formula is C15H11NO2. The number of fused-ring (bicyclic) bond motifs is 1. The molecule has 3 heteroatoms. The van der Waals surface area contributed by atoms with Crippen molar-refractivity contribution in [3.8, 4) is 0 Å². The predicted molar refractivity (Wildman–Crippen MR) is 70.5 cm³/mol. The number of anilines is 1. The number of hydrogen-bond donors (Lipinski definition) is 1. The summed E-state index contributed by atoms with van der Waals surface area (Å²) in [5.41, 5.74) is 6.87. The summed E-state index contributed by atoms with van der Waals surface area (Å²) >= 11 is 0. The Morgan fingerprint density at radius 2 is 1.72 bits per heavy atom. The van der Waals surface area contributed by atoms with E-state index in [9.17, 15) is 4.79 Å². The first-order valence-corrected chi connectivity index (χ1v) is 5.62. The van der Waals surface area contributed by atoms with Gasteiger partial charge in [0.15, 0.2) is 5.76 Å². The number of hydrogen-bond acceptors (Lipinski definition) is 3. The molecule has 2 aromatic carbocycles. The van der Waals surface area contributed by atoms with E-state index in [1.807, 2.05) is 30.3 Å². The zero-order valence-corrected chi connectivity index (χ0v) is 9.59. The van der Waals surface area contributed by atoms with Crippen molar-refractivity contribution in [2.75, 3.05) is 5.73 Å². The number of rotatable bonds is 2. The number of furan rings is 1. The molecule has 0 atom stereocenters. The lowest BCUT2D eigenvalue weighted by atomic mass is 10.0. The molecule has 1 aromatic heterocycles. The van der Waals surface area contributed by atoms with E-state index in [0.29, 0.717) is 17.0 Å². The van der Waals surface area contributed by atoms with E-state index in [0.717, 1.165) is 10.8 Å². The van der Waals surface area contributed by atoms with Crippen LogP contribution in [0.3, 0.4) is 0 Å². The fourth-order valence-corrected chi connectivity index (χ4v) is 2.00. The maximum Gasteiger partial charge on any atom is 0.230 e. The van der Waals surface area contributed by atoms with Gasteiger partial charge in [0, 0.05) is 11.3 Å². The highest BCUT2D eigenvalue weighted by molar-refractivity contribution is 6.12. The molecule has 0 fully saturated rings. The third kappa shape index (κ3) is 1.66. The molecule has 0 aliphatic rings. The van der Waals surface area contributed by atoms with Crippen LogP contribution in [-0.2, 0) is 0 Å². The second-order valence-electron chi connectivity index (χ2n) is 4.09. The van der Waals surface area contributed by atoms with Crippen LogP contribution in [0.15, 0.2) is 59.2 Å². The Balaban J connectivity index is 2.17. The minimum absolute atomic E-state index is 0.191. The van der Waals surface area contributed by atoms with E-state index in [-0.39, 0.29) is 5.78 Å². The molecule has 0 saturated heterocycles. The SMILES string of the molecule is Nc1cc2ccccc2cc1C(=O)c1ccco1. The smallest absolute Gasteiger partial charge is 0.230 e. The van der Waals surface area contributed by atoms with Gasteiger partial charge in [0.05, 0.1) is 6.26 Å². The highest BCUT2D eigenvalue weighted by Crippen LogP contribution is 2.24. The molecule has 18 heavy (non-hydrogen) atoms. The number of carbonyl (C=O) groups excluding carboxylic acids is 1. The second-order valence-corrected chi connectivity index (χ2v) is 4.09. The minimum Gasteiger partial charge on any atom is -0.461 e. The molecule has 0 aliphatic carbocycles. The van der Waals surface area contributed by atoms with Crippen LogP contribution in [0.1, 0.15) is 16.1 Å². The lowest BCUT2D eigenvalue weighted by Gasteiger charge is -2.05. The molecule has 0 aliphatic heterocycles. The maximum atomic E-state index is 12.2. The fourth-order valence-electron chi connectivity index (χ4n) is 2.00. The molecule has 0 unspecified atom stereocenters. The predicted octanol–water partition coefficient (Wildman–Crippen LogP) is 3.25. The first-order valence-electron chi connectivity index (χ1n) is 5.62. The van der Waals surface area contributed by atoms with Gasteiger partial charge in [-0.05, 0) is 35.0 Å². The van der Waals surface area contributed by atoms with Crippen LogP contribution in [0.5, 0.6) is 0 Å². The largest absolute Gasteiger partial charge is 0.461 e. The van der Waals surface area contributed by atoms with Crippen molar-refractivity contribution in [3.05, 3.63) is 66.1 Å². The summed E-state index contributed by atoms with van der Waals surface area (Å²) in [6.07, 6.45) is 1.48. The summed E-state index contributed by atoms with van der Waals surface area (Å²) in [4.78, 5) is 12.2. The van der Waals surface area contributed by atoms with Gasteiger partial charge in [0.25, 0.3) is 0 Å². The Bertz CT molecular complexity index is 714. The highest BCUT2D eigenvalue weighted by Gasteiger charge is 2.15. The topological polar surface area (TPSA) is 56.2 Å². The van der Waals surface area contributed by atoms with Gasteiger partial charge >= 0.3 is 0 Å². The van der Waals surface area contributed by atoms with Gasteiger partial charge in [-0.15, -0.1) is 0 Å². The molecule has 3 aromatic rings. The maximum absolute atomic E-state index is 12.2. The number of carbonyl (C=O) groups is 1. The standard InChI is InChI=1S/C15H11NO2/c16-13-9-11-5-2-1-4-10(11)8-12(13)15(17)14-6-3-7-18-14/h1-9H,16H2. The Morgan fingerprint density at radius 3 is 2.39 bits per heavy atom. The molecule has 1 heterocycles. The van der Waals surface area contributed by atoms with Crippen LogP contribution < -0.4 is 5.73 Å². The summed E-state index contributed by atoms with van der Waals surface area (Å²) < 4.78 is 5.11. The van der Waals surface area contributed by atoms with Crippen molar-refractivity contribution in [2.24, 2.45) is 0 Å². The van der Waals surface area contributed by atoms with Crippen LogP contribution in [0, 0.1) is 0 Å². The molecule has 0 spiro atoms. The van der Waals surface area contributed by atoms with Crippen LogP contribution in [0.4, 0.5) is 5.69 Å². The normalized spacial score (nSPS) is 10.7. The van der Waals surface area contributed by atoms with Gasteiger partial charge < -0.3 is 10.2 Å². The molecule has 0 bridgehead atoms. The van der Waals surface area contributed by atoms with Gasteiger partial charge in [-0.1, -0.05) is 24.3 Å². The van der Waals surface area contributed by atoms with Gasteiger partial charge in [-0.25, -0.2) is 0 Å². The van der Waals surface area contributed by atoms with Crippen molar-refractivity contribution < 1.29 is 9.21 Å². The van der Waals surface area contributed by atoms with Gasteiger partial charge in [0.2, 0.25) is 5.78 Å². The third-order valence-electron chi connectivity index (χ3n) is 2.91. The molecule has 3 nitrogen and oxygen atoms in total. The summed E-state index contributed by atoms with van der Waals surface area (Å²) in [5, 5.41) is 2.01. The zero-order valence-electron chi connectivity index (χ0n) is 9.59. The quantitative estimate of drug-likeness (QED) is 0.549. The summed E-state index contributed by atoms with van der Waals surface area (Å²) in [7, 11) is 0. The lowest BCUT2D eigenvalue weighted by Crippen LogP contribution is -2.04. The van der Waals surface area contributed by atoms with Crippen molar-refractivity contribution in [1.29, 1.82) is 0 Å². The van der Waals surface area contributed by atoms with Gasteiger partial charge in [-0.3, -0.25) is 4.79 Å². The minimum atomic E-state index is -0.191. The first kappa shape index (κ1) is 10.6. The Kier molecular flexibility index (Phi) is 2.38. The van der Waals surface area contributed by atoms with Crippen LogP contribution >= 0.6 is 0 Å². The van der Waals surface area contributed by atoms with Crippen molar-refractivity contribution >= 4 is 22.2 Å². The summed E-state index contributed by atoms with van der Waals surface area (Å²) in [6, 6.07) is 14.7. The van der Waals surface area contributed by atoms with Crippen LogP contribution in [0.25, 0.3) is 10.8 Å². The second kappa shape index (κ2) is 4.04. The van der Waals surface area contributed by atoms with E-state index < -0.39 is 0 Å². The zero-order chi connectivity index (χ0) is 12.5. The average Bonchev–Trinajstić information content (AvgIpc) is 2.91. The summed E-state index contributed by atoms with van der Waals surface area (Å²) in [6.45, 7) is 0. The Hall–Kier alpha value is -2.55. The molecule has 88 valence electrons. The van der Waals surface area contributed by atoms with Crippen molar-refractivity contribution in [1.82, 2.24) is 0 Å². The first-order chi connectivity index (χ1) is 8.75. The molecule has 3 rings (SSSR count). The highest BCUT2D eigenvalue weighted by atomic mass is 16.3. The molecule has 0 amide bonds.